The first-order chi connectivity index (χ1) is 17.2. The fourth-order valence-electron chi connectivity index (χ4n) is 4.08. The summed E-state index contributed by atoms with van der Waals surface area (Å²) in [5.41, 5.74) is 1.71. The summed E-state index contributed by atoms with van der Waals surface area (Å²) in [7, 11) is -4.13. The van der Waals surface area contributed by atoms with Crippen molar-refractivity contribution in [2.24, 2.45) is 0 Å². The maximum atomic E-state index is 13.7. The number of nitrogens with zero attached hydrogens (tertiary/aromatic N) is 2. The van der Waals surface area contributed by atoms with Gasteiger partial charge in [-0.25, -0.2) is 13.3 Å². The van der Waals surface area contributed by atoms with Crippen LogP contribution in [0.3, 0.4) is 0 Å². The summed E-state index contributed by atoms with van der Waals surface area (Å²) in [5.74, 6) is -1.39. The van der Waals surface area contributed by atoms with Gasteiger partial charge >= 0.3 is 0 Å². The second-order valence-corrected chi connectivity index (χ2v) is 10.6. The third-order valence-electron chi connectivity index (χ3n) is 5.80. The lowest BCUT2D eigenvalue weighted by Gasteiger charge is -2.27. The highest BCUT2D eigenvalue weighted by Crippen LogP contribution is 2.30. The molecule has 0 radical (unpaired) electrons. The largest absolute Gasteiger partial charge is 0.326 e. The monoisotopic (exact) mass is 525 g/mol. The molecule has 3 aromatic rings. The van der Waals surface area contributed by atoms with Crippen molar-refractivity contribution in [3.8, 4) is 0 Å². The van der Waals surface area contributed by atoms with Gasteiger partial charge in [0.05, 0.1) is 17.0 Å². The van der Waals surface area contributed by atoms with E-state index in [0.29, 0.717) is 22.8 Å². The fourth-order valence-corrected chi connectivity index (χ4v) is 5.79. The molecule has 1 aliphatic heterocycles. The van der Waals surface area contributed by atoms with Gasteiger partial charge in [-0.1, -0.05) is 41.9 Å². The molecule has 1 fully saturated rings. The van der Waals surface area contributed by atoms with Gasteiger partial charge in [-0.2, -0.15) is 4.31 Å². The molecule has 3 aromatic carbocycles. The molecule has 186 valence electrons. The summed E-state index contributed by atoms with van der Waals surface area (Å²) in [5, 5.41) is 3.00. The number of nitrogens with one attached hydrogen (secondary N) is 1. The van der Waals surface area contributed by atoms with E-state index in [4.69, 9.17) is 11.6 Å². The molecule has 4 rings (SSSR count). The zero-order valence-electron chi connectivity index (χ0n) is 19.4. The van der Waals surface area contributed by atoms with Crippen LogP contribution in [0.2, 0.25) is 5.02 Å². The van der Waals surface area contributed by atoms with E-state index in [2.05, 4.69) is 5.32 Å². The Morgan fingerprint density at radius 2 is 1.64 bits per heavy atom. The summed E-state index contributed by atoms with van der Waals surface area (Å²) in [6, 6.07) is 20.0. The molecule has 1 unspecified atom stereocenters. The smallest absolute Gasteiger partial charge is 0.252 e. The quantitative estimate of drug-likeness (QED) is 0.450. The molecule has 36 heavy (non-hydrogen) atoms. The van der Waals surface area contributed by atoms with Gasteiger partial charge in [0.2, 0.25) is 21.8 Å². The van der Waals surface area contributed by atoms with Crippen LogP contribution in [0, 0.1) is 0 Å². The lowest BCUT2D eigenvalue weighted by atomic mass is 10.1. The fraction of sp³-hybridized carbons (Fsp3) is 0.192. The lowest BCUT2D eigenvalue weighted by molar-refractivity contribution is -0.122. The van der Waals surface area contributed by atoms with Gasteiger partial charge in [0.25, 0.3) is 5.91 Å². The highest BCUT2D eigenvalue weighted by Gasteiger charge is 2.46. The van der Waals surface area contributed by atoms with Crippen LogP contribution in [0.5, 0.6) is 0 Å². The van der Waals surface area contributed by atoms with E-state index in [9.17, 15) is 22.8 Å². The third kappa shape index (κ3) is 5.48. The van der Waals surface area contributed by atoms with Crippen LogP contribution in [0.15, 0.2) is 83.8 Å². The number of carbonyl (C=O) groups excluding carboxylic acids is 3. The topological polar surface area (TPSA) is 104 Å². The van der Waals surface area contributed by atoms with Crippen LogP contribution in [0.4, 0.5) is 11.4 Å². The normalized spacial score (nSPS) is 16.0. The zero-order chi connectivity index (χ0) is 25.9. The zero-order valence-corrected chi connectivity index (χ0v) is 21.0. The molecule has 0 spiro atoms. The number of carbonyl (C=O) groups is 3. The molecule has 1 aliphatic rings. The van der Waals surface area contributed by atoms with Crippen molar-refractivity contribution in [2.75, 3.05) is 16.8 Å². The minimum Gasteiger partial charge on any atom is -0.326 e. The molecule has 0 saturated carbocycles. The first kappa shape index (κ1) is 25.6. The number of halogens is 1. The predicted molar refractivity (Wildman–Crippen MR) is 137 cm³/mol. The van der Waals surface area contributed by atoms with E-state index in [1.807, 2.05) is 30.3 Å². The molecule has 0 bridgehead atoms. The number of rotatable bonds is 8. The Bertz CT molecular complexity index is 1380. The molecule has 1 heterocycles. The molecule has 1 atom stereocenters. The van der Waals surface area contributed by atoms with E-state index >= 15 is 0 Å². The molecule has 10 heteroatoms. The first-order valence-corrected chi connectivity index (χ1v) is 13.0. The number of anilines is 2. The Balaban J connectivity index is 1.65. The van der Waals surface area contributed by atoms with Gasteiger partial charge in [-0.15, -0.1) is 0 Å². The Morgan fingerprint density at radius 1 is 1.00 bits per heavy atom. The molecule has 8 nitrogen and oxygen atoms in total. The van der Waals surface area contributed by atoms with Crippen molar-refractivity contribution in [3.05, 3.63) is 89.4 Å². The molecule has 1 N–H and O–H groups in total. The summed E-state index contributed by atoms with van der Waals surface area (Å²) < 4.78 is 28.4. The van der Waals surface area contributed by atoms with Gasteiger partial charge in [-0.3, -0.25) is 14.4 Å². The van der Waals surface area contributed by atoms with Crippen LogP contribution in [0.25, 0.3) is 0 Å². The van der Waals surface area contributed by atoms with Crippen molar-refractivity contribution in [2.45, 2.75) is 30.7 Å². The van der Waals surface area contributed by atoms with Crippen LogP contribution in [-0.2, 0) is 30.8 Å². The molecular weight excluding hydrogens is 502 g/mol. The summed E-state index contributed by atoms with van der Waals surface area (Å²) in [6.07, 6.45) is 0.0743. The number of benzene rings is 3. The van der Waals surface area contributed by atoms with E-state index < -0.39 is 27.9 Å². The highest BCUT2D eigenvalue weighted by atomic mass is 35.5. The molecule has 1 saturated heterocycles. The van der Waals surface area contributed by atoms with Gasteiger partial charge in [-0.05, 0) is 60.5 Å². The summed E-state index contributed by atoms with van der Waals surface area (Å²) in [6.45, 7) is 1.38. The number of sulfonamides is 1. The van der Waals surface area contributed by atoms with Crippen molar-refractivity contribution in [1.82, 2.24) is 4.31 Å². The van der Waals surface area contributed by atoms with E-state index in [0.717, 1.165) is 14.8 Å². The van der Waals surface area contributed by atoms with Crippen molar-refractivity contribution >= 4 is 50.7 Å². The minimum atomic E-state index is -4.13. The summed E-state index contributed by atoms with van der Waals surface area (Å²) in [4.78, 5) is 38.7. The Kier molecular flexibility index (Phi) is 7.53. The average molecular weight is 526 g/mol. The number of imide groups is 1. The highest BCUT2D eigenvalue weighted by molar-refractivity contribution is 7.89. The van der Waals surface area contributed by atoms with Crippen molar-refractivity contribution in [1.29, 1.82) is 0 Å². The van der Waals surface area contributed by atoms with Crippen LogP contribution in [0.1, 0.15) is 18.9 Å². The molecule has 3 amide bonds. The maximum Gasteiger partial charge on any atom is 0.252 e. The third-order valence-corrected chi connectivity index (χ3v) is 7.97. The van der Waals surface area contributed by atoms with Crippen molar-refractivity contribution < 1.29 is 22.8 Å². The minimum absolute atomic E-state index is 0.00791. The van der Waals surface area contributed by atoms with Crippen LogP contribution in [-0.4, -0.2) is 43.0 Å². The van der Waals surface area contributed by atoms with Gasteiger partial charge in [0.1, 0.15) is 6.04 Å². The number of hydrogen-bond acceptors (Lipinski definition) is 5. The predicted octanol–water partition coefficient (Wildman–Crippen LogP) is 3.86. The molecular formula is C26H24ClN3O5S. The standard InChI is InChI=1S/C26H24ClN3O5S/c1-18(31)28-21-9-11-22(12-10-21)30-25(32)17-24(26(30)33)29(16-15-19-5-3-2-4-6-19)36(34,35)23-13-7-20(27)8-14-23/h2-14,24H,15-17H2,1H3,(H,28,31). The maximum absolute atomic E-state index is 13.7. The van der Waals surface area contributed by atoms with Gasteiger partial charge in [0, 0.05) is 24.2 Å². The summed E-state index contributed by atoms with van der Waals surface area (Å²) >= 11 is 5.94. The van der Waals surface area contributed by atoms with Gasteiger partial charge in [0.15, 0.2) is 0 Å². The Labute approximate surface area is 214 Å². The van der Waals surface area contributed by atoms with E-state index in [1.54, 1.807) is 12.1 Å². The van der Waals surface area contributed by atoms with Gasteiger partial charge < -0.3 is 5.32 Å². The second kappa shape index (κ2) is 10.6. The Hall–Kier alpha value is -3.53. The number of hydrogen-bond donors (Lipinski definition) is 1. The average Bonchev–Trinajstić information content (AvgIpc) is 3.13. The van der Waals surface area contributed by atoms with Crippen molar-refractivity contribution in [3.63, 3.8) is 0 Å². The van der Waals surface area contributed by atoms with E-state index in [1.165, 1.54) is 43.3 Å². The van der Waals surface area contributed by atoms with E-state index in [-0.39, 0.29) is 23.8 Å². The Morgan fingerprint density at radius 3 is 2.25 bits per heavy atom. The van der Waals surface area contributed by atoms with Crippen LogP contribution < -0.4 is 10.2 Å². The lowest BCUT2D eigenvalue weighted by Crippen LogP contribution is -2.46. The molecule has 0 aliphatic carbocycles. The second-order valence-electron chi connectivity index (χ2n) is 8.32. The number of amides is 3. The first-order valence-electron chi connectivity index (χ1n) is 11.2. The van der Waals surface area contributed by atoms with Crippen LogP contribution >= 0.6 is 11.6 Å². The molecule has 0 aromatic heterocycles. The SMILES string of the molecule is CC(=O)Nc1ccc(N2C(=O)CC(N(CCc3ccccc3)S(=O)(=O)c3ccc(Cl)cc3)C2=O)cc1.